The van der Waals surface area contributed by atoms with E-state index in [4.69, 9.17) is 4.74 Å². The number of fused-ring (bicyclic) bond motifs is 1. The van der Waals surface area contributed by atoms with Gasteiger partial charge in [0.05, 0.1) is 30.6 Å². The van der Waals surface area contributed by atoms with E-state index in [1.54, 1.807) is 13.2 Å². The van der Waals surface area contributed by atoms with Gasteiger partial charge in [0.2, 0.25) is 0 Å². The lowest BCUT2D eigenvalue weighted by atomic mass is 9.81. The summed E-state index contributed by atoms with van der Waals surface area (Å²) in [4.78, 5) is 17.8. The minimum absolute atomic E-state index is 0.0738. The lowest BCUT2D eigenvalue weighted by molar-refractivity contribution is -0.167. The highest BCUT2D eigenvalue weighted by atomic mass is 16.5. The second-order valence-electron chi connectivity index (χ2n) is 6.67. The third-order valence-electron chi connectivity index (χ3n) is 5.21. The van der Waals surface area contributed by atoms with Gasteiger partial charge in [-0.15, -0.1) is 0 Å². The Kier molecular flexibility index (Phi) is 4.76. The van der Waals surface area contributed by atoms with Gasteiger partial charge >= 0.3 is 6.03 Å². The maximum Gasteiger partial charge on any atom is 0.317 e. The number of hydrogen-bond acceptors (Lipinski definition) is 5. The first-order valence-electron chi connectivity index (χ1n) is 8.41. The molecule has 1 saturated carbocycles. The zero-order valence-electron chi connectivity index (χ0n) is 14.1. The van der Waals surface area contributed by atoms with Crippen LogP contribution in [0.25, 0.3) is 0 Å². The predicted octanol–water partition coefficient (Wildman–Crippen LogP) is 0.685. The van der Waals surface area contributed by atoms with Crippen LogP contribution >= 0.6 is 0 Å². The van der Waals surface area contributed by atoms with Crippen LogP contribution in [0.2, 0.25) is 0 Å². The highest BCUT2D eigenvalue weighted by Gasteiger charge is 2.59. The van der Waals surface area contributed by atoms with Crippen molar-refractivity contribution >= 4 is 6.03 Å². The molecule has 2 aliphatic rings. The highest BCUT2D eigenvalue weighted by molar-refractivity contribution is 5.74. The second kappa shape index (κ2) is 6.66. The van der Waals surface area contributed by atoms with Crippen LogP contribution in [-0.2, 0) is 4.74 Å². The first kappa shape index (κ1) is 17.1. The molecule has 0 radical (unpaired) electrons. The van der Waals surface area contributed by atoms with Gasteiger partial charge in [0.15, 0.2) is 0 Å². The van der Waals surface area contributed by atoms with Crippen LogP contribution in [0.4, 0.5) is 4.79 Å². The van der Waals surface area contributed by atoms with Gasteiger partial charge in [-0.25, -0.2) is 4.79 Å². The van der Waals surface area contributed by atoms with Gasteiger partial charge in [-0.1, -0.05) is 6.07 Å². The number of rotatable bonds is 3. The third kappa shape index (κ3) is 2.87. The zero-order chi connectivity index (χ0) is 17.3. The fraction of sp³-hybridized carbons (Fsp3) is 0.647. The summed E-state index contributed by atoms with van der Waals surface area (Å²) in [6.07, 6.45) is 1.76. The molecular weight excluding hydrogens is 310 g/mol. The number of likely N-dealkylation sites (N-methyl/N-ethyl adjacent to an activating group) is 1. The molecule has 24 heavy (non-hydrogen) atoms. The number of aliphatic hydroxyl groups is 2. The predicted molar refractivity (Wildman–Crippen MR) is 87.2 cm³/mol. The smallest absolute Gasteiger partial charge is 0.317 e. The Balaban J connectivity index is 1.77. The van der Waals surface area contributed by atoms with Gasteiger partial charge in [0, 0.05) is 19.8 Å². The van der Waals surface area contributed by atoms with Gasteiger partial charge in [-0.3, -0.25) is 4.98 Å². The summed E-state index contributed by atoms with van der Waals surface area (Å²) in [5.41, 5.74) is -0.417. The Morgan fingerprint density at radius 2 is 2.29 bits per heavy atom. The molecule has 0 aromatic carbocycles. The standard InChI is InChI=1S/C17H25N3O4/c1-3-18-16(22)20(2)15-13(21)8-11-9-14(24-10-17(11,15)23)12-6-4-5-7-19-12/h4-7,11,13-15,21,23H,3,8-10H2,1-2H3,(H,18,22)/t11-,13+,14-,15-,17-/m1/s1. The van der Waals surface area contributed by atoms with Crippen LogP contribution in [0.15, 0.2) is 24.4 Å². The first-order chi connectivity index (χ1) is 11.5. The van der Waals surface area contributed by atoms with Gasteiger partial charge in [-0.05, 0) is 37.8 Å². The Morgan fingerprint density at radius 3 is 2.96 bits per heavy atom. The highest BCUT2D eigenvalue weighted by Crippen LogP contribution is 2.47. The molecule has 2 heterocycles. The number of amides is 2. The Bertz CT molecular complexity index is 584. The number of aromatic nitrogens is 1. The monoisotopic (exact) mass is 335 g/mol. The summed E-state index contributed by atoms with van der Waals surface area (Å²) >= 11 is 0. The number of nitrogens with zero attached hydrogens (tertiary/aromatic N) is 2. The van der Waals surface area contributed by atoms with Crippen LogP contribution in [0.5, 0.6) is 0 Å². The van der Waals surface area contributed by atoms with E-state index in [1.165, 1.54) is 4.90 Å². The van der Waals surface area contributed by atoms with Gasteiger partial charge in [-0.2, -0.15) is 0 Å². The average Bonchev–Trinajstić information content (AvgIpc) is 2.84. The molecule has 3 rings (SSSR count). The molecule has 5 atom stereocenters. The van der Waals surface area contributed by atoms with Crippen LogP contribution in [0.3, 0.4) is 0 Å². The topological polar surface area (TPSA) is 94.9 Å². The normalized spacial score (nSPS) is 35.3. The van der Waals surface area contributed by atoms with Gasteiger partial charge < -0.3 is 25.2 Å². The third-order valence-corrected chi connectivity index (χ3v) is 5.21. The van der Waals surface area contributed by atoms with Crippen molar-refractivity contribution in [1.29, 1.82) is 0 Å². The van der Waals surface area contributed by atoms with Crippen LogP contribution in [-0.4, -0.2) is 64.1 Å². The molecule has 132 valence electrons. The van der Waals surface area contributed by atoms with Crippen molar-refractivity contribution in [1.82, 2.24) is 15.2 Å². The maximum absolute atomic E-state index is 12.1. The summed E-state index contributed by atoms with van der Waals surface area (Å²) in [5, 5.41) is 24.3. The molecule has 7 nitrogen and oxygen atoms in total. The number of nitrogens with one attached hydrogen (secondary N) is 1. The molecule has 1 aromatic rings. The number of ether oxygens (including phenoxy) is 1. The molecule has 7 heteroatoms. The molecule has 0 spiro atoms. The van der Waals surface area contributed by atoms with Crippen molar-refractivity contribution in [3.05, 3.63) is 30.1 Å². The minimum Gasteiger partial charge on any atom is -0.391 e. The molecule has 3 N–H and O–H groups in total. The summed E-state index contributed by atoms with van der Waals surface area (Å²) < 4.78 is 5.87. The van der Waals surface area contributed by atoms with Crippen molar-refractivity contribution < 1.29 is 19.7 Å². The van der Waals surface area contributed by atoms with E-state index in [-0.39, 0.29) is 24.7 Å². The number of urea groups is 1. The van der Waals surface area contributed by atoms with Crippen molar-refractivity contribution in [3.8, 4) is 0 Å². The van der Waals surface area contributed by atoms with Crippen LogP contribution < -0.4 is 5.32 Å². The summed E-state index contributed by atoms with van der Waals surface area (Å²) in [6, 6.07) is 4.67. The summed E-state index contributed by atoms with van der Waals surface area (Å²) in [6.45, 7) is 2.39. The molecular formula is C17H25N3O4. The van der Waals surface area contributed by atoms with Crippen molar-refractivity contribution in [2.45, 2.75) is 43.6 Å². The van der Waals surface area contributed by atoms with Crippen LogP contribution in [0.1, 0.15) is 31.6 Å². The lowest BCUT2D eigenvalue weighted by Crippen LogP contribution is -2.61. The quantitative estimate of drug-likeness (QED) is 0.755. The fourth-order valence-corrected chi connectivity index (χ4v) is 4.03. The Morgan fingerprint density at radius 1 is 1.50 bits per heavy atom. The SMILES string of the molecule is CCNC(=O)N(C)[C@@H]1[C@@H](O)C[C@@H]2C[C@H](c3ccccn3)OC[C@@]21O. The number of aliphatic hydroxyl groups excluding tert-OH is 1. The maximum atomic E-state index is 12.1. The van der Waals surface area contributed by atoms with Crippen molar-refractivity contribution in [2.75, 3.05) is 20.2 Å². The Labute approximate surface area is 141 Å². The van der Waals surface area contributed by atoms with Gasteiger partial charge in [0.1, 0.15) is 5.60 Å². The first-order valence-corrected chi connectivity index (χ1v) is 8.41. The Hall–Kier alpha value is -1.70. The van der Waals surface area contributed by atoms with E-state index in [0.717, 1.165) is 5.69 Å². The molecule has 1 aliphatic heterocycles. The number of pyridine rings is 1. The van der Waals surface area contributed by atoms with Gasteiger partial charge in [0.25, 0.3) is 0 Å². The largest absolute Gasteiger partial charge is 0.391 e. The summed E-state index contributed by atoms with van der Waals surface area (Å²) in [5.74, 6) is -0.143. The summed E-state index contributed by atoms with van der Waals surface area (Å²) in [7, 11) is 1.60. The number of carbonyl (C=O) groups is 1. The van der Waals surface area contributed by atoms with Crippen molar-refractivity contribution in [2.24, 2.45) is 5.92 Å². The molecule has 0 unspecified atom stereocenters. The molecule has 2 amide bonds. The lowest BCUT2D eigenvalue weighted by Gasteiger charge is -2.44. The average molecular weight is 335 g/mol. The van der Waals surface area contributed by atoms with E-state index >= 15 is 0 Å². The number of hydrogen-bond donors (Lipinski definition) is 3. The molecule has 1 saturated heterocycles. The second-order valence-corrected chi connectivity index (χ2v) is 6.67. The van der Waals surface area contributed by atoms with E-state index in [2.05, 4.69) is 10.3 Å². The molecule has 1 aliphatic carbocycles. The van der Waals surface area contributed by atoms with E-state index in [9.17, 15) is 15.0 Å². The minimum atomic E-state index is -1.25. The van der Waals surface area contributed by atoms with Crippen molar-refractivity contribution in [3.63, 3.8) is 0 Å². The molecule has 0 bridgehead atoms. The van der Waals surface area contributed by atoms with E-state index < -0.39 is 17.7 Å². The number of carbonyl (C=O) groups excluding carboxylic acids is 1. The van der Waals surface area contributed by atoms with E-state index in [1.807, 2.05) is 25.1 Å². The molecule has 1 aromatic heterocycles. The molecule has 2 fully saturated rings. The van der Waals surface area contributed by atoms with Crippen LogP contribution in [0, 0.1) is 5.92 Å². The fourth-order valence-electron chi connectivity index (χ4n) is 4.03. The zero-order valence-corrected chi connectivity index (χ0v) is 14.1. The van der Waals surface area contributed by atoms with E-state index in [0.29, 0.717) is 19.4 Å².